The first-order valence-corrected chi connectivity index (χ1v) is 10.6. The zero-order chi connectivity index (χ0) is 25.1. The third-order valence-corrected chi connectivity index (χ3v) is 5.26. The van der Waals surface area contributed by atoms with Gasteiger partial charge in [0.25, 0.3) is 5.91 Å². The lowest BCUT2D eigenvalue weighted by atomic mass is 10.0. The molecule has 1 amide bonds. The maximum atomic E-state index is 14.9. The molecule has 1 aromatic carbocycles. The number of rotatable bonds is 8. The van der Waals surface area contributed by atoms with Gasteiger partial charge in [-0.2, -0.15) is 10.2 Å². The summed E-state index contributed by atoms with van der Waals surface area (Å²) < 4.78 is 29.4. The molecule has 0 aliphatic rings. The van der Waals surface area contributed by atoms with Crippen molar-refractivity contribution in [2.24, 2.45) is 11.5 Å². The summed E-state index contributed by atoms with van der Waals surface area (Å²) in [4.78, 5) is 22.0. The molecule has 0 unspecified atom stereocenters. The van der Waals surface area contributed by atoms with Crippen molar-refractivity contribution in [1.29, 1.82) is 0 Å². The van der Waals surface area contributed by atoms with Crippen LogP contribution in [0.3, 0.4) is 0 Å². The number of hydrogen-bond acceptors (Lipinski definition) is 8. The SMILES string of the molecule is Cc1ncc(Nc2nc(N[C@H](c3ccccc3F)[C@H](C)N)c(F)cc2C(N)=O)cc1-n1nccn1. The number of amides is 1. The van der Waals surface area contributed by atoms with E-state index in [2.05, 4.69) is 30.8 Å². The van der Waals surface area contributed by atoms with Gasteiger partial charge in [-0.25, -0.2) is 13.8 Å². The van der Waals surface area contributed by atoms with Crippen molar-refractivity contribution in [3.63, 3.8) is 0 Å². The molecule has 0 bridgehead atoms. The number of anilines is 3. The number of hydrogen-bond donors (Lipinski definition) is 4. The van der Waals surface area contributed by atoms with Crippen LogP contribution in [0.4, 0.5) is 26.1 Å². The minimum Gasteiger partial charge on any atom is -0.365 e. The topological polar surface area (TPSA) is 150 Å². The van der Waals surface area contributed by atoms with Crippen molar-refractivity contribution >= 4 is 23.2 Å². The fraction of sp³-hybridized carbons (Fsp3) is 0.174. The second-order valence-corrected chi connectivity index (χ2v) is 7.85. The highest BCUT2D eigenvalue weighted by molar-refractivity contribution is 5.98. The van der Waals surface area contributed by atoms with Crippen molar-refractivity contribution in [1.82, 2.24) is 25.0 Å². The number of halogens is 2. The lowest BCUT2D eigenvalue weighted by Crippen LogP contribution is -2.32. The van der Waals surface area contributed by atoms with E-state index in [1.807, 2.05) is 0 Å². The Morgan fingerprint density at radius 3 is 2.46 bits per heavy atom. The number of benzene rings is 1. The maximum Gasteiger partial charge on any atom is 0.252 e. The summed E-state index contributed by atoms with van der Waals surface area (Å²) in [7, 11) is 0. The average molecular weight is 479 g/mol. The van der Waals surface area contributed by atoms with E-state index in [4.69, 9.17) is 11.5 Å². The summed E-state index contributed by atoms with van der Waals surface area (Å²) in [6, 6.07) is 7.27. The Kier molecular flexibility index (Phi) is 6.64. The molecule has 6 N–H and O–H groups in total. The summed E-state index contributed by atoms with van der Waals surface area (Å²) in [6.45, 7) is 3.44. The largest absolute Gasteiger partial charge is 0.365 e. The number of primary amides is 1. The molecule has 12 heteroatoms. The average Bonchev–Trinajstić information content (AvgIpc) is 3.35. The molecule has 4 aromatic rings. The number of carbonyl (C=O) groups is 1. The van der Waals surface area contributed by atoms with Gasteiger partial charge in [-0.3, -0.25) is 9.78 Å². The number of carbonyl (C=O) groups excluding carboxylic acids is 1. The van der Waals surface area contributed by atoms with Gasteiger partial charge >= 0.3 is 0 Å². The first-order chi connectivity index (χ1) is 16.7. The van der Waals surface area contributed by atoms with Crippen molar-refractivity contribution in [3.05, 3.63) is 83.4 Å². The quantitative estimate of drug-likeness (QED) is 0.301. The molecule has 0 spiro atoms. The molecule has 0 aliphatic heterocycles. The second-order valence-electron chi connectivity index (χ2n) is 7.85. The van der Waals surface area contributed by atoms with Crippen LogP contribution in [0.25, 0.3) is 5.69 Å². The highest BCUT2D eigenvalue weighted by atomic mass is 19.1. The smallest absolute Gasteiger partial charge is 0.252 e. The Hall–Kier alpha value is -4.45. The van der Waals surface area contributed by atoms with Gasteiger partial charge in [0.05, 0.1) is 41.6 Å². The van der Waals surface area contributed by atoms with Crippen molar-refractivity contribution in [2.45, 2.75) is 25.9 Å². The Morgan fingerprint density at radius 2 is 1.80 bits per heavy atom. The number of nitrogens with two attached hydrogens (primary N) is 2. The lowest BCUT2D eigenvalue weighted by molar-refractivity contribution is 0.100. The first-order valence-electron chi connectivity index (χ1n) is 10.6. The van der Waals surface area contributed by atoms with Gasteiger partial charge in [-0.15, -0.1) is 4.80 Å². The van der Waals surface area contributed by atoms with E-state index >= 15 is 0 Å². The van der Waals surface area contributed by atoms with Crippen LogP contribution in [-0.2, 0) is 0 Å². The van der Waals surface area contributed by atoms with E-state index in [0.29, 0.717) is 17.1 Å². The fourth-order valence-electron chi connectivity index (χ4n) is 3.51. The van der Waals surface area contributed by atoms with Crippen LogP contribution >= 0.6 is 0 Å². The van der Waals surface area contributed by atoms with E-state index in [1.165, 1.54) is 29.5 Å². The van der Waals surface area contributed by atoms with Gasteiger partial charge in [0.1, 0.15) is 17.3 Å². The van der Waals surface area contributed by atoms with Crippen LogP contribution in [0.5, 0.6) is 0 Å². The van der Waals surface area contributed by atoms with Crippen LogP contribution in [0, 0.1) is 18.6 Å². The zero-order valence-corrected chi connectivity index (χ0v) is 18.9. The predicted octanol–water partition coefficient (Wildman–Crippen LogP) is 2.99. The van der Waals surface area contributed by atoms with E-state index in [-0.39, 0.29) is 22.8 Å². The summed E-state index contributed by atoms with van der Waals surface area (Å²) in [5.41, 5.74) is 13.2. The van der Waals surface area contributed by atoms with Crippen LogP contribution in [-0.4, -0.2) is 36.9 Å². The number of aromatic nitrogens is 5. The summed E-state index contributed by atoms with van der Waals surface area (Å²) in [6.07, 6.45) is 4.55. The van der Waals surface area contributed by atoms with Crippen LogP contribution in [0.2, 0.25) is 0 Å². The van der Waals surface area contributed by atoms with E-state index in [0.717, 1.165) is 6.07 Å². The number of aryl methyl sites for hydroxylation is 1. The van der Waals surface area contributed by atoms with E-state index < -0.39 is 29.6 Å². The molecular formula is C23H23F2N9O. The molecule has 4 rings (SSSR count). The molecule has 35 heavy (non-hydrogen) atoms. The first kappa shape index (κ1) is 23.7. The monoisotopic (exact) mass is 479 g/mol. The number of pyridine rings is 2. The van der Waals surface area contributed by atoms with Gasteiger partial charge in [-0.05, 0) is 32.0 Å². The fourth-order valence-corrected chi connectivity index (χ4v) is 3.51. The van der Waals surface area contributed by atoms with Crippen LogP contribution in [0.15, 0.2) is 55.0 Å². The van der Waals surface area contributed by atoms with Crippen molar-refractivity contribution in [3.8, 4) is 5.69 Å². The van der Waals surface area contributed by atoms with Crippen LogP contribution < -0.4 is 22.1 Å². The highest BCUT2D eigenvalue weighted by Crippen LogP contribution is 2.29. The minimum atomic E-state index is -0.891. The van der Waals surface area contributed by atoms with Crippen molar-refractivity contribution < 1.29 is 13.6 Å². The second kappa shape index (κ2) is 9.81. The van der Waals surface area contributed by atoms with Gasteiger partial charge in [0.2, 0.25) is 0 Å². The third-order valence-electron chi connectivity index (χ3n) is 5.26. The summed E-state index contributed by atoms with van der Waals surface area (Å²) >= 11 is 0. The minimum absolute atomic E-state index is 0.0246. The van der Waals surface area contributed by atoms with Crippen LogP contribution in [0.1, 0.15) is 34.6 Å². The van der Waals surface area contributed by atoms with Gasteiger partial charge in [0.15, 0.2) is 11.6 Å². The number of nitrogens with zero attached hydrogens (tertiary/aromatic N) is 5. The van der Waals surface area contributed by atoms with Crippen molar-refractivity contribution in [2.75, 3.05) is 10.6 Å². The summed E-state index contributed by atoms with van der Waals surface area (Å²) in [5, 5.41) is 14.0. The standard InChI is InChI=1S/C23H23F2N9O/c1-12(26)20(15-5-3-4-6-17(15)24)32-23-18(25)10-16(21(27)35)22(33-23)31-14-9-19(13(2)28-11-14)34-29-7-8-30-34/h3-12,20H,26H2,1-2H3,(H2,27,35)(H2,31,32,33)/t12-,20-/m0/s1. The molecule has 3 aromatic heterocycles. The Bertz CT molecular complexity index is 1360. The Labute approximate surface area is 199 Å². The van der Waals surface area contributed by atoms with Gasteiger partial charge < -0.3 is 22.1 Å². The predicted molar refractivity (Wildman–Crippen MR) is 126 cm³/mol. The molecule has 0 radical (unpaired) electrons. The molecule has 0 saturated carbocycles. The van der Waals surface area contributed by atoms with E-state index in [1.54, 1.807) is 38.1 Å². The highest BCUT2D eigenvalue weighted by Gasteiger charge is 2.23. The Morgan fingerprint density at radius 1 is 1.09 bits per heavy atom. The molecule has 180 valence electrons. The maximum absolute atomic E-state index is 14.9. The molecule has 0 fully saturated rings. The lowest BCUT2D eigenvalue weighted by Gasteiger charge is -2.24. The van der Waals surface area contributed by atoms with Gasteiger partial charge in [0, 0.05) is 11.6 Å². The van der Waals surface area contributed by atoms with E-state index in [9.17, 15) is 13.6 Å². The van der Waals surface area contributed by atoms with Gasteiger partial charge in [-0.1, -0.05) is 18.2 Å². The molecule has 0 aliphatic carbocycles. The normalized spacial score (nSPS) is 12.7. The zero-order valence-electron chi connectivity index (χ0n) is 18.9. The molecule has 0 saturated heterocycles. The molecule has 10 nitrogen and oxygen atoms in total. The molecule has 3 heterocycles. The third kappa shape index (κ3) is 5.06. The number of nitrogens with one attached hydrogen (secondary N) is 2. The Balaban J connectivity index is 1.72. The summed E-state index contributed by atoms with van der Waals surface area (Å²) in [5.74, 6) is -2.51. The molecular weight excluding hydrogens is 456 g/mol. The molecule has 2 atom stereocenters.